The van der Waals surface area contributed by atoms with Gasteiger partial charge >= 0.3 is 11.9 Å². The maximum Gasteiger partial charge on any atom is 0.321 e. The molecule has 0 radical (unpaired) electrons. The van der Waals surface area contributed by atoms with Gasteiger partial charge in [0.2, 0.25) is 0 Å². The van der Waals surface area contributed by atoms with Crippen LogP contribution in [0.2, 0.25) is 0 Å². The summed E-state index contributed by atoms with van der Waals surface area (Å²) in [6.07, 6.45) is 1.96. The highest BCUT2D eigenvalue weighted by Crippen LogP contribution is 2.18. The molecule has 0 saturated heterocycles. The van der Waals surface area contributed by atoms with Crippen molar-refractivity contribution in [2.45, 2.75) is 60.7 Å². The second kappa shape index (κ2) is 13.4. The first-order valence-corrected chi connectivity index (χ1v) is 9.93. The molecule has 4 nitrogen and oxygen atoms in total. The minimum absolute atomic E-state index is 0. The molecule has 0 heterocycles. The average Bonchev–Trinajstić information content (AvgIpc) is 2.71. The van der Waals surface area contributed by atoms with Gasteiger partial charge in [-0.15, -0.1) is 0 Å². The summed E-state index contributed by atoms with van der Waals surface area (Å²) in [5.74, 6) is -2.17. The Hall–Kier alpha value is -2.88. The van der Waals surface area contributed by atoms with Crippen LogP contribution in [0.4, 0.5) is 0 Å². The average molecular weight is 413 g/mol. The largest absolute Gasteiger partial charge is 0.460 e. The van der Waals surface area contributed by atoms with E-state index in [-0.39, 0.29) is 20.5 Å². The lowest BCUT2D eigenvalue weighted by molar-refractivity contribution is -0.169. The molecule has 0 spiro atoms. The highest BCUT2D eigenvalue weighted by atomic mass is 16.6. The van der Waals surface area contributed by atoms with Gasteiger partial charge < -0.3 is 9.47 Å². The third kappa shape index (κ3) is 9.55. The molecule has 30 heavy (non-hydrogen) atoms. The Labute approximate surface area is 181 Å². The molecule has 2 aromatic rings. The molecule has 164 valence electrons. The monoisotopic (exact) mass is 412 g/mol. The third-order valence-electron chi connectivity index (χ3n) is 3.85. The Bertz CT molecular complexity index is 771. The van der Waals surface area contributed by atoms with Crippen LogP contribution in [-0.2, 0) is 32.1 Å². The van der Waals surface area contributed by atoms with Crippen molar-refractivity contribution in [3.05, 3.63) is 77.9 Å². The lowest BCUT2D eigenvalue weighted by Crippen LogP contribution is -2.35. The normalized spacial score (nSPS) is 11.1. The van der Waals surface area contributed by atoms with Crippen LogP contribution in [0.25, 0.3) is 6.08 Å². The van der Waals surface area contributed by atoms with Crippen molar-refractivity contribution in [1.82, 2.24) is 0 Å². The van der Waals surface area contributed by atoms with Crippen molar-refractivity contribution in [3.8, 4) is 0 Å². The third-order valence-corrected chi connectivity index (χ3v) is 3.85. The van der Waals surface area contributed by atoms with Gasteiger partial charge in [-0.05, 0) is 43.9 Å². The smallest absolute Gasteiger partial charge is 0.321 e. The molecule has 4 heteroatoms. The summed E-state index contributed by atoms with van der Waals surface area (Å²) in [5, 5.41) is 0. The molecule has 0 aromatic heterocycles. The van der Waals surface area contributed by atoms with Crippen LogP contribution in [0, 0.1) is 5.92 Å². The SMILES string of the molecule is C.C=Cc1ccc(CC(C(=O)OCc2ccccc2)C(=O)OC(C)(C)C)cc1.CC. The van der Waals surface area contributed by atoms with Gasteiger partial charge in [0.25, 0.3) is 0 Å². The fourth-order valence-electron chi connectivity index (χ4n) is 2.49. The molecule has 0 amide bonds. The van der Waals surface area contributed by atoms with Crippen LogP contribution >= 0.6 is 0 Å². The number of hydrogen-bond donors (Lipinski definition) is 0. The molecule has 2 rings (SSSR count). The van der Waals surface area contributed by atoms with E-state index in [9.17, 15) is 9.59 Å². The van der Waals surface area contributed by atoms with Crippen molar-refractivity contribution in [2.75, 3.05) is 0 Å². The van der Waals surface area contributed by atoms with Crippen LogP contribution in [0.15, 0.2) is 61.2 Å². The van der Waals surface area contributed by atoms with Crippen molar-refractivity contribution < 1.29 is 19.1 Å². The van der Waals surface area contributed by atoms with Gasteiger partial charge in [0, 0.05) is 0 Å². The number of ether oxygens (including phenoxy) is 2. The van der Waals surface area contributed by atoms with E-state index in [0.717, 1.165) is 16.7 Å². The standard InChI is InChI=1S/C23H26O4.C2H6.CH4/c1-5-17-11-13-18(14-12-17)15-20(22(25)27-23(2,3)4)21(24)26-16-19-9-7-6-8-10-19;1-2;/h5-14,20H,1,15-16H2,2-4H3;1-2H3;1H4. The first kappa shape index (κ1) is 27.1. The molecule has 0 aliphatic rings. The second-order valence-corrected chi connectivity index (χ2v) is 7.33. The van der Waals surface area contributed by atoms with Gasteiger partial charge in [0.05, 0.1) is 0 Å². The summed E-state index contributed by atoms with van der Waals surface area (Å²) in [5.41, 5.74) is 2.01. The fourth-order valence-corrected chi connectivity index (χ4v) is 2.49. The summed E-state index contributed by atoms with van der Waals surface area (Å²) in [6.45, 7) is 13.2. The first-order valence-electron chi connectivity index (χ1n) is 9.93. The highest BCUT2D eigenvalue weighted by Gasteiger charge is 2.32. The zero-order chi connectivity index (χ0) is 21.9. The Morgan fingerprint density at radius 2 is 1.50 bits per heavy atom. The predicted octanol–water partition coefficient (Wildman–Crippen LogP) is 6.24. The fraction of sp³-hybridized carbons (Fsp3) is 0.385. The van der Waals surface area contributed by atoms with Gasteiger partial charge in [-0.3, -0.25) is 9.59 Å². The van der Waals surface area contributed by atoms with Crippen molar-refractivity contribution >= 4 is 18.0 Å². The van der Waals surface area contributed by atoms with Crippen LogP contribution in [0.3, 0.4) is 0 Å². The molecule has 0 saturated carbocycles. The van der Waals surface area contributed by atoms with Gasteiger partial charge in [-0.25, -0.2) is 0 Å². The van der Waals surface area contributed by atoms with Crippen molar-refractivity contribution in [1.29, 1.82) is 0 Å². The first-order chi connectivity index (χ1) is 13.8. The number of carbonyl (C=O) groups excluding carboxylic acids is 2. The molecule has 0 bridgehead atoms. The molecule has 0 fully saturated rings. The zero-order valence-corrected chi connectivity index (χ0v) is 18.1. The van der Waals surface area contributed by atoms with Crippen LogP contribution < -0.4 is 0 Å². The molecule has 1 unspecified atom stereocenters. The Morgan fingerprint density at radius 3 is 2.00 bits per heavy atom. The molecule has 0 N–H and O–H groups in total. The van der Waals surface area contributed by atoms with Crippen LogP contribution in [-0.4, -0.2) is 17.5 Å². The van der Waals surface area contributed by atoms with E-state index in [2.05, 4.69) is 6.58 Å². The lowest BCUT2D eigenvalue weighted by Gasteiger charge is -2.23. The maximum absolute atomic E-state index is 12.6. The predicted molar refractivity (Wildman–Crippen MR) is 124 cm³/mol. The minimum atomic E-state index is -1.01. The number of rotatable bonds is 7. The lowest BCUT2D eigenvalue weighted by atomic mass is 9.98. The van der Waals surface area contributed by atoms with Gasteiger partial charge in [-0.1, -0.05) is 88.5 Å². The van der Waals surface area contributed by atoms with E-state index >= 15 is 0 Å². The molecular weight excluding hydrogens is 376 g/mol. The molecule has 0 aliphatic carbocycles. The summed E-state index contributed by atoms with van der Waals surface area (Å²) in [4.78, 5) is 25.2. The number of carbonyl (C=O) groups is 2. The van der Waals surface area contributed by atoms with E-state index in [1.807, 2.05) is 68.4 Å². The minimum Gasteiger partial charge on any atom is -0.460 e. The van der Waals surface area contributed by atoms with E-state index in [1.54, 1.807) is 26.8 Å². The van der Waals surface area contributed by atoms with Crippen LogP contribution in [0.5, 0.6) is 0 Å². The van der Waals surface area contributed by atoms with Gasteiger partial charge in [-0.2, -0.15) is 0 Å². The van der Waals surface area contributed by atoms with E-state index in [4.69, 9.17) is 9.47 Å². The molecular formula is C26H36O4. The Morgan fingerprint density at radius 1 is 0.933 bits per heavy atom. The van der Waals surface area contributed by atoms with E-state index in [0.29, 0.717) is 0 Å². The van der Waals surface area contributed by atoms with E-state index in [1.165, 1.54) is 0 Å². The zero-order valence-electron chi connectivity index (χ0n) is 18.1. The van der Waals surface area contributed by atoms with Gasteiger partial charge in [0.15, 0.2) is 5.92 Å². The van der Waals surface area contributed by atoms with E-state index < -0.39 is 23.5 Å². The summed E-state index contributed by atoms with van der Waals surface area (Å²) in [6, 6.07) is 16.9. The van der Waals surface area contributed by atoms with Crippen molar-refractivity contribution in [2.24, 2.45) is 5.92 Å². The number of hydrogen-bond acceptors (Lipinski definition) is 4. The summed E-state index contributed by atoms with van der Waals surface area (Å²) < 4.78 is 10.8. The Kier molecular flexibility index (Phi) is 12.1. The topological polar surface area (TPSA) is 52.6 Å². The molecule has 0 aliphatic heterocycles. The van der Waals surface area contributed by atoms with Crippen LogP contribution in [0.1, 0.15) is 58.7 Å². The van der Waals surface area contributed by atoms with Gasteiger partial charge in [0.1, 0.15) is 12.2 Å². The summed E-state index contributed by atoms with van der Waals surface area (Å²) >= 11 is 0. The maximum atomic E-state index is 12.6. The highest BCUT2D eigenvalue weighted by molar-refractivity contribution is 5.95. The second-order valence-electron chi connectivity index (χ2n) is 7.33. The summed E-state index contributed by atoms with van der Waals surface area (Å²) in [7, 11) is 0. The molecule has 1 atom stereocenters. The van der Waals surface area contributed by atoms with Crippen molar-refractivity contribution in [3.63, 3.8) is 0 Å². The quantitative estimate of drug-likeness (QED) is 0.399. The number of esters is 2. The Balaban J connectivity index is 0.00000272. The number of benzene rings is 2. The molecule has 2 aromatic carbocycles.